The maximum atomic E-state index is 10.1. The van der Waals surface area contributed by atoms with Crippen LogP contribution in [0.5, 0.6) is 0 Å². The van der Waals surface area contributed by atoms with Crippen molar-refractivity contribution in [1.29, 1.82) is 0 Å². The Balaban J connectivity index is 2.56. The molecule has 0 radical (unpaired) electrons. The summed E-state index contributed by atoms with van der Waals surface area (Å²) in [6, 6.07) is 4.05. The minimum atomic E-state index is -0.472. The fourth-order valence-corrected chi connectivity index (χ4v) is 1.85. The van der Waals surface area contributed by atoms with Gasteiger partial charge in [-0.15, -0.1) is 0 Å². The number of ether oxygens (including phenoxy) is 1. The first-order valence-corrected chi connectivity index (χ1v) is 6.44. The third-order valence-corrected chi connectivity index (χ3v) is 2.92. The zero-order valence-electron chi connectivity index (χ0n) is 11.0. The molecule has 1 N–H and O–H groups in total. The Hall–Kier alpha value is -0.930. The highest BCUT2D eigenvalue weighted by Gasteiger charge is 2.18. The number of pyridine rings is 1. The van der Waals surface area contributed by atoms with E-state index in [2.05, 4.69) is 18.0 Å². The summed E-state index contributed by atoms with van der Waals surface area (Å²) in [7, 11) is 0. The first kappa shape index (κ1) is 14.1. The van der Waals surface area contributed by atoms with Gasteiger partial charge in [-0.25, -0.2) is 0 Å². The lowest BCUT2D eigenvalue weighted by Crippen LogP contribution is -2.30. The van der Waals surface area contributed by atoms with Crippen molar-refractivity contribution in [1.82, 2.24) is 4.98 Å². The van der Waals surface area contributed by atoms with Crippen molar-refractivity contribution < 1.29 is 9.84 Å². The molecule has 0 amide bonds. The number of rotatable bonds is 7. The Morgan fingerprint density at radius 2 is 2.06 bits per heavy atom. The second-order valence-corrected chi connectivity index (χ2v) is 4.18. The fourth-order valence-electron chi connectivity index (χ4n) is 1.85. The third kappa shape index (κ3) is 4.44. The molecule has 1 aromatic heterocycles. The SMILES string of the molecule is CCOC(CC)C(O)Cc1ccc(CC)cn1. The molecule has 0 saturated heterocycles. The van der Waals surface area contributed by atoms with E-state index in [1.807, 2.05) is 26.1 Å². The van der Waals surface area contributed by atoms with Crippen LogP contribution >= 0.6 is 0 Å². The molecule has 0 spiro atoms. The van der Waals surface area contributed by atoms with Crippen LogP contribution in [-0.2, 0) is 17.6 Å². The van der Waals surface area contributed by atoms with Gasteiger partial charge in [0.05, 0.1) is 12.2 Å². The molecule has 0 bridgehead atoms. The van der Waals surface area contributed by atoms with Crippen molar-refractivity contribution in [3.05, 3.63) is 29.6 Å². The maximum absolute atomic E-state index is 10.1. The zero-order valence-corrected chi connectivity index (χ0v) is 11.0. The molecule has 2 unspecified atom stereocenters. The summed E-state index contributed by atoms with van der Waals surface area (Å²) in [5.74, 6) is 0. The second kappa shape index (κ2) is 7.41. The number of aliphatic hydroxyl groups is 1. The molecule has 3 nitrogen and oxygen atoms in total. The highest BCUT2D eigenvalue weighted by molar-refractivity contribution is 5.14. The van der Waals surface area contributed by atoms with Crippen molar-refractivity contribution in [2.45, 2.75) is 52.2 Å². The van der Waals surface area contributed by atoms with E-state index in [-0.39, 0.29) is 6.10 Å². The van der Waals surface area contributed by atoms with Gasteiger partial charge >= 0.3 is 0 Å². The standard InChI is InChI=1S/C14H23NO2/c1-4-11-7-8-12(15-10-11)9-13(16)14(5-2)17-6-3/h7-8,10,13-14,16H,4-6,9H2,1-3H3. The van der Waals surface area contributed by atoms with Crippen molar-refractivity contribution in [2.75, 3.05) is 6.61 Å². The van der Waals surface area contributed by atoms with Crippen LogP contribution < -0.4 is 0 Å². The number of nitrogens with zero attached hydrogens (tertiary/aromatic N) is 1. The number of hydrogen-bond donors (Lipinski definition) is 1. The summed E-state index contributed by atoms with van der Waals surface area (Å²) in [6.07, 6.45) is 3.69. The van der Waals surface area contributed by atoms with Crippen molar-refractivity contribution in [2.24, 2.45) is 0 Å². The van der Waals surface area contributed by atoms with E-state index in [0.717, 1.165) is 18.5 Å². The van der Waals surface area contributed by atoms with Crippen LogP contribution in [0.25, 0.3) is 0 Å². The minimum absolute atomic E-state index is 0.0901. The Morgan fingerprint density at radius 3 is 2.53 bits per heavy atom. The summed E-state index contributed by atoms with van der Waals surface area (Å²) < 4.78 is 5.49. The molecular formula is C14H23NO2. The van der Waals surface area contributed by atoms with Gasteiger partial charge in [0, 0.05) is 24.9 Å². The lowest BCUT2D eigenvalue weighted by molar-refractivity contribution is -0.0338. The van der Waals surface area contributed by atoms with Crippen LogP contribution in [0.4, 0.5) is 0 Å². The number of aryl methyl sites for hydroxylation is 1. The molecule has 96 valence electrons. The highest BCUT2D eigenvalue weighted by Crippen LogP contribution is 2.10. The van der Waals surface area contributed by atoms with Crippen LogP contribution in [0.1, 0.15) is 38.4 Å². The Labute approximate surface area is 104 Å². The van der Waals surface area contributed by atoms with Crippen LogP contribution in [0.3, 0.4) is 0 Å². The molecule has 1 aromatic rings. The molecule has 0 aliphatic rings. The van der Waals surface area contributed by atoms with Crippen LogP contribution in [0.2, 0.25) is 0 Å². The molecule has 17 heavy (non-hydrogen) atoms. The first-order chi connectivity index (χ1) is 8.21. The highest BCUT2D eigenvalue weighted by atomic mass is 16.5. The smallest absolute Gasteiger partial charge is 0.0857 e. The van der Waals surface area contributed by atoms with Crippen molar-refractivity contribution in [3.8, 4) is 0 Å². The lowest BCUT2D eigenvalue weighted by atomic mass is 10.1. The van der Waals surface area contributed by atoms with Crippen molar-refractivity contribution in [3.63, 3.8) is 0 Å². The average Bonchev–Trinajstić information content (AvgIpc) is 2.36. The Bertz CT molecular complexity index is 311. The van der Waals surface area contributed by atoms with Gasteiger partial charge in [0.2, 0.25) is 0 Å². The van der Waals surface area contributed by atoms with E-state index in [1.54, 1.807) is 0 Å². The van der Waals surface area contributed by atoms with Crippen LogP contribution in [0, 0.1) is 0 Å². The van der Waals surface area contributed by atoms with Gasteiger partial charge in [-0.05, 0) is 31.4 Å². The van der Waals surface area contributed by atoms with E-state index in [4.69, 9.17) is 4.74 Å². The molecule has 0 aromatic carbocycles. The van der Waals surface area contributed by atoms with Crippen LogP contribution in [0.15, 0.2) is 18.3 Å². The number of aliphatic hydroxyl groups excluding tert-OH is 1. The van der Waals surface area contributed by atoms with Gasteiger partial charge in [-0.3, -0.25) is 4.98 Å². The Kier molecular flexibility index (Phi) is 6.16. The number of hydrogen-bond acceptors (Lipinski definition) is 3. The van der Waals surface area contributed by atoms with Crippen molar-refractivity contribution >= 4 is 0 Å². The third-order valence-electron chi connectivity index (χ3n) is 2.92. The molecule has 0 saturated carbocycles. The van der Waals surface area contributed by atoms with E-state index in [1.165, 1.54) is 5.56 Å². The zero-order chi connectivity index (χ0) is 12.7. The average molecular weight is 237 g/mol. The molecule has 3 heteroatoms. The van der Waals surface area contributed by atoms with Gasteiger partial charge in [-0.2, -0.15) is 0 Å². The number of aromatic nitrogens is 1. The molecular weight excluding hydrogens is 214 g/mol. The maximum Gasteiger partial charge on any atom is 0.0857 e. The molecule has 1 heterocycles. The van der Waals surface area contributed by atoms with Gasteiger partial charge in [0.15, 0.2) is 0 Å². The largest absolute Gasteiger partial charge is 0.390 e. The molecule has 2 atom stereocenters. The van der Waals surface area contributed by atoms with Gasteiger partial charge in [0.1, 0.15) is 0 Å². The molecule has 0 aliphatic heterocycles. The summed E-state index contributed by atoms with van der Waals surface area (Å²) in [4.78, 5) is 4.35. The topological polar surface area (TPSA) is 42.4 Å². The summed E-state index contributed by atoms with van der Waals surface area (Å²) in [5.41, 5.74) is 2.15. The second-order valence-electron chi connectivity index (χ2n) is 4.18. The van der Waals surface area contributed by atoms with E-state index in [9.17, 15) is 5.11 Å². The van der Waals surface area contributed by atoms with E-state index < -0.39 is 6.10 Å². The summed E-state index contributed by atoms with van der Waals surface area (Å²) in [6.45, 7) is 6.71. The van der Waals surface area contributed by atoms with Gasteiger partial charge in [0.25, 0.3) is 0 Å². The first-order valence-electron chi connectivity index (χ1n) is 6.44. The Morgan fingerprint density at radius 1 is 1.29 bits per heavy atom. The predicted molar refractivity (Wildman–Crippen MR) is 69.0 cm³/mol. The minimum Gasteiger partial charge on any atom is -0.390 e. The van der Waals surface area contributed by atoms with E-state index >= 15 is 0 Å². The molecule has 1 rings (SSSR count). The predicted octanol–water partition coefficient (Wildman–Crippen LogP) is 2.36. The van der Waals surface area contributed by atoms with Gasteiger partial charge < -0.3 is 9.84 Å². The quantitative estimate of drug-likeness (QED) is 0.791. The monoisotopic (exact) mass is 237 g/mol. The van der Waals surface area contributed by atoms with Crippen LogP contribution in [-0.4, -0.2) is 28.9 Å². The molecule has 0 fully saturated rings. The van der Waals surface area contributed by atoms with E-state index in [0.29, 0.717) is 13.0 Å². The van der Waals surface area contributed by atoms with Gasteiger partial charge in [-0.1, -0.05) is 19.9 Å². The molecule has 0 aliphatic carbocycles. The normalized spacial score (nSPS) is 14.6. The lowest BCUT2D eigenvalue weighted by Gasteiger charge is -2.21. The summed E-state index contributed by atoms with van der Waals surface area (Å²) in [5, 5.41) is 10.1. The summed E-state index contributed by atoms with van der Waals surface area (Å²) >= 11 is 0. The fraction of sp³-hybridized carbons (Fsp3) is 0.643.